The third kappa shape index (κ3) is 1.92. The van der Waals surface area contributed by atoms with Crippen LogP contribution in [0, 0.1) is 30.9 Å². The molecule has 0 fully saturated rings. The van der Waals surface area contributed by atoms with Gasteiger partial charge < -0.3 is 0 Å². The molecule has 2 rings (SSSR count). The average molecular weight is 268 g/mol. The topological polar surface area (TPSA) is 86.7 Å². The summed E-state index contributed by atoms with van der Waals surface area (Å²) in [6.45, 7) is 5.53. The van der Waals surface area contributed by atoms with Crippen LogP contribution in [0.4, 0.5) is 5.69 Å². The predicted molar refractivity (Wildman–Crippen MR) is 65.0 cm³/mol. The highest BCUT2D eigenvalue weighted by molar-refractivity contribution is 6.28. The number of aryl methyl sites for hydroxylation is 1. The van der Waals surface area contributed by atoms with Crippen LogP contribution in [-0.2, 0) is 0 Å². The number of hydrogen-bond donors (Lipinski definition) is 0. The highest BCUT2D eigenvalue weighted by atomic mass is 35.5. The molecule has 0 aromatic carbocycles. The molecule has 2 heterocycles. The van der Waals surface area contributed by atoms with Gasteiger partial charge in [-0.2, -0.15) is 10.1 Å². The van der Waals surface area contributed by atoms with Gasteiger partial charge in [0.2, 0.25) is 11.1 Å². The molecule has 0 saturated carbocycles. The van der Waals surface area contributed by atoms with E-state index in [2.05, 4.69) is 15.1 Å². The van der Waals surface area contributed by atoms with Crippen molar-refractivity contribution in [2.24, 2.45) is 0 Å². The first-order chi connectivity index (χ1) is 8.41. The smallest absolute Gasteiger partial charge is 0.258 e. The van der Waals surface area contributed by atoms with Crippen molar-refractivity contribution in [3.8, 4) is 5.82 Å². The number of hydrogen-bond acceptors (Lipinski definition) is 5. The SMILES string of the molecule is Cc1nn(-c2nc(Cl)ncc2[N+](=O)[O-])c(C)c1C. The van der Waals surface area contributed by atoms with E-state index in [1.54, 1.807) is 0 Å². The molecule has 0 spiro atoms. The Morgan fingerprint density at radius 2 is 2.06 bits per heavy atom. The molecule has 0 unspecified atom stereocenters. The van der Waals surface area contributed by atoms with E-state index in [1.807, 2.05) is 20.8 Å². The van der Waals surface area contributed by atoms with E-state index in [-0.39, 0.29) is 16.8 Å². The molecular weight excluding hydrogens is 258 g/mol. The summed E-state index contributed by atoms with van der Waals surface area (Å²) in [5.41, 5.74) is 2.30. The van der Waals surface area contributed by atoms with E-state index >= 15 is 0 Å². The molecule has 0 saturated heterocycles. The summed E-state index contributed by atoms with van der Waals surface area (Å²) in [4.78, 5) is 17.9. The molecule has 8 heteroatoms. The third-order valence-electron chi connectivity index (χ3n) is 2.77. The van der Waals surface area contributed by atoms with E-state index in [4.69, 9.17) is 11.6 Å². The molecule has 0 N–H and O–H groups in total. The van der Waals surface area contributed by atoms with Crippen molar-refractivity contribution in [2.75, 3.05) is 0 Å². The van der Waals surface area contributed by atoms with E-state index in [9.17, 15) is 10.1 Å². The maximum absolute atomic E-state index is 11.0. The Labute approximate surface area is 108 Å². The van der Waals surface area contributed by atoms with Crippen LogP contribution >= 0.6 is 11.6 Å². The lowest BCUT2D eigenvalue weighted by atomic mass is 10.2. The zero-order valence-electron chi connectivity index (χ0n) is 10.0. The van der Waals surface area contributed by atoms with Gasteiger partial charge in [0.25, 0.3) is 0 Å². The molecule has 7 nitrogen and oxygen atoms in total. The van der Waals surface area contributed by atoms with Crippen LogP contribution in [0.3, 0.4) is 0 Å². The lowest BCUT2D eigenvalue weighted by Crippen LogP contribution is -2.07. The van der Waals surface area contributed by atoms with Gasteiger partial charge in [0.05, 0.1) is 10.6 Å². The monoisotopic (exact) mass is 267 g/mol. The number of nitro groups is 1. The molecule has 0 bridgehead atoms. The fraction of sp³-hybridized carbons (Fsp3) is 0.300. The van der Waals surface area contributed by atoms with Gasteiger partial charge in [-0.25, -0.2) is 9.67 Å². The summed E-state index contributed by atoms with van der Waals surface area (Å²) in [7, 11) is 0. The van der Waals surface area contributed by atoms with Gasteiger partial charge >= 0.3 is 5.69 Å². The van der Waals surface area contributed by atoms with Crippen molar-refractivity contribution in [2.45, 2.75) is 20.8 Å². The highest BCUT2D eigenvalue weighted by Gasteiger charge is 2.22. The molecule has 0 aliphatic carbocycles. The lowest BCUT2D eigenvalue weighted by molar-refractivity contribution is -0.385. The molecule has 0 aliphatic rings. The van der Waals surface area contributed by atoms with Gasteiger partial charge in [0.1, 0.15) is 6.20 Å². The van der Waals surface area contributed by atoms with Crippen molar-refractivity contribution in [3.63, 3.8) is 0 Å². The fourth-order valence-electron chi connectivity index (χ4n) is 1.56. The first-order valence-electron chi connectivity index (χ1n) is 5.12. The summed E-state index contributed by atoms with van der Waals surface area (Å²) in [5, 5.41) is 15.1. The third-order valence-corrected chi connectivity index (χ3v) is 2.95. The van der Waals surface area contributed by atoms with Gasteiger partial charge in [-0.3, -0.25) is 10.1 Å². The summed E-state index contributed by atoms with van der Waals surface area (Å²) in [5.74, 6) is 0.0775. The highest BCUT2D eigenvalue weighted by Crippen LogP contribution is 2.23. The van der Waals surface area contributed by atoms with Crippen LogP contribution in [0.5, 0.6) is 0 Å². The quantitative estimate of drug-likeness (QED) is 0.473. The Morgan fingerprint density at radius 3 is 2.56 bits per heavy atom. The van der Waals surface area contributed by atoms with Crippen molar-refractivity contribution in [1.82, 2.24) is 19.7 Å². The molecule has 2 aromatic rings. The van der Waals surface area contributed by atoms with Crippen LogP contribution in [0.25, 0.3) is 5.82 Å². The standard InChI is InChI=1S/C10H10ClN5O2/c1-5-6(2)14-15(7(5)3)9-8(16(17)18)4-12-10(11)13-9/h4H,1-3H3. The fourth-order valence-corrected chi connectivity index (χ4v) is 1.69. The van der Waals surface area contributed by atoms with Crippen molar-refractivity contribution >= 4 is 17.3 Å². The molecule has 18 heavy (non-hydrogen) atoms. The molecule has 2 aromatic heterocycles. The van der Waals surface area contributed by atoms with Crippen molar-refractivity contribution in [1.29, 1.82) is 0 Å². The van der Waals surface area contributed by atoms with Crippen molar-refractivity contribution < 1.29 is 4.92 Å². The maximum Gasteiger partial charge on any atom is 0.331 e. The van der Waals surface area contributed by atoms with Crippen LogP contribution in [-0.4, -0.2) is 24.7 Å². The largest absolute Gasteiger partial charge is 0.331 e. The van der Waals surface area contributed by atoms with Gasteiger partial charge in [-0.15, -0.1) is 0 Å². The Morgan fingerprint density at radius 1 is 1.39 bits per heavy atom. The maximum atomic E-state index is 11.0. The van der Waals surface area contributed by atoms with Gasteiger partial charge in [-0.05, 0) is 37.9 Å². The Kier molecular flexibility index (Phi) is 3.00. The second-order valence-electron chi connectivity index (χ2n) is 3.81. The van der Waals surface area contributed by atoms with E-state index < -0.39 is 4.92 Å². The van der Waals surface area contributed by atoms with Crippen LogP contribution < -0.4 is 0 Å². The van der Waals surface area contributed by atoms with E-state index in [1.165, 1.54) is 4.68 Å². The molecular formula is C10H10ClN5O2. The summed E-state index contributed by atoms with van der Waals surface area (Å²) in [6.07, 6.45) is 1.08. The molecule has 0 atom stereocenters. The molecule has 94 valence electrons. The van der Waals surface area contributed by atoms with E-state index in [0.717, 1.165) is 23.1 Å². The van der Waals surface area contributed by atoms with Crippen molar-refractivity contribution in [3.05, 3.63) is 38.5 Å². The number of aromatic nitrogens is 4. The van der Waals surface area contributed by atoms with Gasteiger partial charge in [0, 0.05) is 5.69 Å². The average Bonchev–Trinajstić information content (AvgIpc) is 2.56. The van der Waals surface area contributed by atoms with Crippen LogP contribution in [0.2, 0.25) is 5.28 Å². The zero-order valence-corrected chi connectivity index (χ0v) is 10.8. The summed E-state index contributed by atoms with van der Waals surface area (Å²) < 4.78 is 1.41. The van der Waals surface area contributed by atoms with Crippen LogP contribution in [0.15, 0.2) is 6.20 Å². The van der Waals surface area contributed by atoms with E-state index in [0.29, 0.717) is 0 Å². The normalized spacial score (nSPS) is 10.7. The van der Waals surface area contributed by atoms with Crippen LogP contribution in [0.1, 0.15) is 17.0 Å². The minimum atomic E-state index is -0.558. The first kappa shape index (κ1) is 12.4. The second kappa shape index (κ2) is 4.34. The summed E-state index contributed by atoms with van der Waals surface area (Å²) in [6, 6.07) is 0. The second-order valence-corrected chi connectivity index (χ2v) is 4.15. The minimum absolute atomic E-state index is 0.0548. The molecule has 0 radical (unpaired) electrons. The molecule has 0 amide bonds. The predicted octanol–water partition coefficient (Wildman–Crippen LogP) is 2.15. The van der Waals surface area contributed by atoms with Gasteiger partial charge in [-0.1, -0.05) is 0 Å². The first-order valence-corrected chi connectivity index (χ1v) is 5.49. The Hall–Kier alpha value is -2.02. The number of nitrogens with zero attached hydrogens (tertiary/aromatic N) is 5. The minimum Gasteiger partial charge on any atom is -0.258 e. The Balaban J connectivity index is 2.73. The zero-order chi connectivity index (χ0) is 13.4. The Bertz CT molecular complexity index is 637. The van der Waals surface area contributed by atoms with Gasteiger partial charge in [0.15, 0.2) is 0 Å². The number of rotatable bonds is 2. The molecule has 0 aliphatic heterocycles. The summed E-state index contributed by atoms with van der Waals surface area (Å²) >= 11 is 5.68. The number of halogens is 1. The lowest BCUT2D eigenvalue weighted by Gasteiger charge is -2.04.